The SMILES string of the molecule is OCCCSCCNCc1ccc(-c2cccc(Br)c2)o1. The number of nitrogens with one attached hydrogen (secondary N) is 1. The van der Waals surface area contributed by atoms with Crippen molar-refractivity contribution in [2.45, 2.75) is 13.0 Å². The highest BCUT2D eigenvalue weighted by Crippen LogP contribution is 2.24. The van der Waals surface area contributed by atoms with Crippen LogP contribution in [0.4, 0.5) is 0 Å². The molecule has 0 fully saturated rings. The van der Waals surface area contributed by atoms with Crippen molar-refractivity contribution in [2.75, 3.05) is 24.7 Å². The summed E-state index contributed by atoms with van der Waals surface area (Å²) in [5.41, 5.74) is 1.08. The number of aliphatic hydroxyl groups is 1. The van der Waals surface area contributed by atoms with E-state index in [1.165, 1.54) is 0 Å². The van der Waals surface area contributed by atoms with Crippen molar-refractivity contribution in [3.63, 3.8) is 0 Å². The van der Waals surface area contributed by atoms with Crippen LogP contribution in [0.1, 0.15) is 12.2 Å². The molecule has 1 aromatic heterocycles. The summed E-state index contributed by atoms with van der Waals surface area (Å²) < 4.78 is 6.90. The van der Waals surface area contributed by atoms with Gasteiger partial charge in [0.1, 0.15) is 11.5 Å². The zero-order chi connectivity index (χ0) is 14.9. The number of furan rings is 1. The maximum atomic E-state index is 8.69. The lowest BCUT2D eigenvalue weighted by atomic mass is 10.2. The molecule has 1 aromatic carbocycles. The van der Waals surface area contributed by atoms with E-state index in [9.17, 15) is 0 Å². The summed E-state index contributed by atoms with van der Waals surface area (Å²) >= 11 is 5.33. The van der Waals surface area contributed by atoms with E-state index in [0.717, 1.165) is 52.6 Å². The van der Waals surface area contributed by atoms with E-state index in [1.807, 2.05) is 48.2 Å². The Morgan fingerprint density at radius 3 is 2.90 bits per heavy atom. The van der Waals surface area contributed by atoms with E-state index in [-0.39, 0.29) is 6.61 Å². The van der Waals surface area contributed by atoms with Gasteiger partial charge in [0, 0.05) is 28.9 Å². The molecule has 21 heavy (non-hydrogen) atoms. The van der Waals surface area contributed by atoms with Crippen molar-refractivity contribution in [1.82, 2.24) is 5.32 Å². The van der Waals surface area contributed by atoms with Crippen LogP contribution in [0, 0.1) is 0 Å². The van der Waals surface area contributed by atoms with Gasteiger partial charge in [0.15, 0.2) is 0 Å². The van der Waals surface area contributed by atoms with Crippen molar-refractivity contribution >= 4 is 27.7 Å². The highest BCUT2D eigenvalue weighted by molar-refractivity contribution is 9.10. The van der Waals surface area contributed by atoms with Crippen LogP contribution >= 0.6 is 27.7 Å². The number of aliphatic hydroxyl groups excluding tert-OH is 1. The van der Waals surface area contributed by atoms with Crippen LogP contribution in [0.5, 0.6) is 0 Å². The molecular formula is C16H20BrNO2S. The number of halogens is 1. The molecule has 0 unspecified atom stereocenters. The van der Waals surface area contributed by atoms with Crippen LogP contribution in [0.2, 0.25) is 0 Å². The minimum Gasteiger partial charge on any atom is -0.460 e. The molecule has 0 amide bonds. The van der Waals surface area contributed by atoms with Crippen LogP contribution in [0.25, 0.3) is 11.3 Å². The first-order valence-electron chi connectivity index (χ1n) is 7.03. The minimum absolute atomic E-state index is 0.283. The third kappa shape index (κ3) is 5.87. The van der Waals surface area contributed by atoms with Gasteiger partial charge < -0.3 is 14.8 Å². The van der Waals surface area contributed by atoms with Gasteiger partial charge in [-0.25, -0.2) is 0 Å². The third-order valence-corrected chi connectivity index (χ3v) is 4.50. The molecule has 1 heterocycles. The van der Waals surface area contributed by atoms with Gasteiger partial charge in [-0.05, 0) is 36.4 Å². The van der Waals surface area contributed by atoms with Crippen LogP contribution in [0.15, 0.2) is 45.3 Å². The van der Waals surface area contributed by atoms with Crippen molar-refractivity contribution in [3.05, 3.63) is 46.6 Å². The maximum absolute atomic E-state index is 8.69. The number of benzene rings is 1. The van der Waals surface area contributed by atoms with Crippen molar-refractivity contribution < 1.29 is 9.52 Å². The smallest absolute Gasteiger partial charge is 0.134 e. The predicted molar refractivity (Wildman–Crippen MR) is 92.6 cm³/mol. The standard InChI is InChI=1S/C16H20BrNO2S/c17-14-4-1-3-13(11-14)16-6-5-15(20-16)12-18-7-10-21-9-2-8-19/h1,3-6,11,18-19H,2,7-10,12H2. The zero-order valence-electron chi connectivity index (χ0n) is 11.8. The van der Waals surface area contributed by atoms with Gasteiger partial charge >= 0.3 is 0 Å². The fraction of sp³-hybridized carbons (Fsp3) is 0.375. The molecule has 0 aliphatic carbocycles. The Labute approximate surface area is 138 Å². The Balaban J connectivity index is 1.73. The molecule has 0 aliphatic heterocycles. The first kappa shape index (κ1) is 16.6. The molecule has 2 aromatic rings. The first-order chi connectivity index (χ1) is 10.3. The van der Waals surface area contributed by atoms with Gasteiger partial charge in [0.2, 0.25) is 0 Å². The molecule has 0 spiro atoms. The zero-order valence-corrected chi connectivity index (χ0v) is 14.3. The first-order valence-corrected chi connectivity index (χ1v) is 8.98. The summed E-state index contributed by atoms with van der Waals surface area (Å²) in [5, 5.41) is 12.1. The number of thioether (sulfide) groups is 1. The molecule has 0 saturated heterocycles. The molecule has 5 heteroatoms. The van der Waals surface area contributed by atoms with Gasteiger partial charge in [0.25, 0.3) is 0 Å². The fourth-order valence-electron chi connectivity index (χ4n) is 1.89. The predicted octanol–water partition coefficient (Wildman–Crippen LogP) is 3.91. The molecule has 114 valence electrons. The van der Waals surface area contributed by atoms with Crippen molar-refractivity contribution in [2.24, 2.45) is 0 Å². The van der Waals surface area contributed by atoms with Crippen LogP contribution in [-0.2, 0) is 6.54 Å². The Morgan fingerprint density at radius 2 is 2.10 bits per heavy atom. The molecule has 3 nitrogen and oxygen atoms in total. The summed E-state index contributed by atoms with van der Waals surface area (Å²) in [6.45, 7) is 1.97. The highest BCUT2D eigenvalue weighted by Gasteiger charge is 2.04. The lowest BCUT2D eigenvalue weighted by Gasteiger charge is -2.03. The quantitative estimate of drug-likeness (QED) is 0.657. The van der Waals surface area contributed by atoms with E-state index >= 15 is 0 Å². The average molecular weight is 370 g/mol. The van der Waals surface area contributed by atoms with E-state index in [4.69, 9.17) is 9.52 Å². The summed E-state index contributed by atoms with van der Waals surface area (Å²) in [7, 11) is 0. The normalized spacial score (nSPS) is 11.0. The Kier molecular flexibility index (Phi) is 7.36. The molecule has 0 radical (unpaired) electrons. The topological polar surface area (TPSA) is 45.4 Å². The highest BCUT2D eigenvalue weighted by atomic mass is 79.9. The summed E-state index contributed by atoms with van der Waals surface area (Å²) in [4.78, 5) is 0. The van der Waals surface area contributed by atoms with Crippen molar-refractivity contribution in [3.8, 4) is 11.3 Å². The molecule has 0 atom stereocenters. The monoisotopic (exact) mass is 369 g/mol. The molecule has 2 N–H and O–H groups in total. The van der Waals surface area contributed by atoms with Gasteiger partial charge in [-0.1, -0.05) is 28.1 Å². The van der Waals surface area contributed by atoms with Crippen LogP contribution in [0.3, 0.4) is 0 Å². The van der Waals surface area contributed by atoms with Crippen LogP contribution in [-0.4, -0.2) is 29.8 Å². The van der Waals surface area contributed by atoms with E-state index in [0.29, 0.717) is 0 Å². The van der Waals surface area contributed by atoms with E-state index in [1.54, 1.807) is 0 Å². The summed E-state index contributed by atoms with van der Waals surface area (Å²) in [6.07, 6.45) is 0.874. The largest absolute Gasteiger partial charge is 0.460 e. The Morgan fingerprint density at radius 1 is 1.19 bits per heavy atom. The van der Waals surface area contributed by atoms with Gasteiger partial charge in [-0.2, -0.15) is 11.8 Å². The number of rotatable bonds is 9. The third-order valence-electron chi connectivity index (χ3n) is 2.94. The summed E-state index contributed by atoms with van der Waals surface area (Å²) in [5.74, 6) is 3.92. The minimum atomic E-state index is 0.283. The molecule has 2 rings (SSSR count). The lowest BCUT2D eigenvalue weighted by molar-refractivity contribution is 0.296. The number of hydrogen-bond acceptors (Lipinski definition) is 4. The second kappa shape index (κ2) is 9.30. The second-order valence-electron chi connectivity index (χ2n) is 4.64. The Hall–Kier alpha value is -0.750. The van der Waals surface area contributed by atoms with E-state index in [2.05, 4.69) is 21.2 Å². The maximum Gasteiger partial charge on any atom is 0.134 e. The van der Waals surface area contributed by atoms with Gasteiger partial charge in [-0.15, -0.1) is 0 Å². The fourth-order valence-corrected chi connectivity index (χ4v) is 3.12. The number of hydrogen-bond donors (Lipinski definition) is 2. The van der Waals surface area contributed by atoms with Gasteiger partial charge in [0.05, 0.1) is 6.54 Å². The summed E-state index contributed by atoms with van der Waals surface area (Å²) in [6, 6.07) is 12.1. The van der Waals surface area contributed by atoms with E-state index < -0.39 is 0 Å². The van der Waals surface area contributed by atoms with Gasteiger partial charge in [-0.3, -0.25) is 0 Å². The second-order valence-corrected chi connectivity index (χ2v) is 6.78. The average Bonchev–Trinajstić information content (AvgIpc) is 2.95. The van der Waals surface area contributed by atoms with Crippen LogP contribution < -0.4 is 5.32 Å². The molecule has 0 aliphatic rings. The van der Waals surface area contributed by atoms with Crippen molar-refractivity contribution in [1.29, 1.82) is 0 Å². The molecular weight excluding hydrogens is 350 g/mol. The molecule has 0 bridgehead atoms. The Bertz CT molecular complexity index is 545. The molecule has 0 saturated carbocycles. The lowest BCUT2D eigenvalue weighted by Crippen LogP contribution is -2.16.